The van der Waals surface area contributed by atoms with E-state index in [9.17, 15) is 22.4 Å². The van der Waals surface area contributed by atoms with Crippen molar-refractivity contribution in [2.45, 2.75) is 50.4 Å². The molecule has 2 heterocycles. The van der Waals surface area contributed by atoms with Crippen LogP contribution in [0.15, 0.2) is 36.9 Å². The lowest BCUT2D eigenvalue weighted by Crippen LogP contribution is -2.62. The molecule has 5 nitrogen and oxygen atoms in total. The predicted molar refractivity (Wildman–Crippen MR) is 103 cm³/mol. The van der Waals surface area contributed by atoms with Gasteiger partial charge in [-0.2, -0.15) is 13.2 Å². The second kappa shape index (κ2) is 10.1. The third kappa shape index (κ3) is 6.29. The summed E-state index contributed by atoms with van der Waals surface area (Å²) < 4.78 is 44.8. The molecule has 1 unspecified atom stereocenters. The van der Waals surface area contributed by atoms with Crippen LogP contribution in [0.5, 0.6) is 0 Å². The fourth-order valence-electron chi connectivity index (χ4n) is 4.14. The van der Waals surface area contributed by atoms with E-state index in [0.29, 0.717) is 13.0 Å². The molecule has 2 fully saturated rings. The van der Waals surface area contributed by atoms with Gasteiger partial charge in [0.1, 0.15) is 5.82 Å². The number of alkyl halides is 3. The van der Waals surface area contributed by atoms with Gasteiger partial charge >= 0.3 is 12.1 Å². The van der Waals surface area contributed by atoms with E-state index < -0.39 is 12.1 Å². The van der Waals surface area contributed by atoms with E-state index in [1.54, 1.807) is 0 Å². The molecule has 1 aromatic rings. The number of carbonyl (C=O) groups is 2. The van der Waals surface area contributed by atoms with Crippen LogP contribution in [0.1, 0.15) is 37.7 Å². The number of carbonyl (C=O) groups excluding carboxylic acids is 1. The molecule has 3 rings (SSSR count). The molecule has 0 bridgehead atoms. The van der Waals surface area contributed by atoms with Gasteiger partial charge in [-0.25, -0.2) is 9.18 Å². The SMILES string of the molecule is C=CCN1C(=O)CCCC12CCCN(Cc1ccc(F)cc1)C2.O=C(O)C(F)(F)F. The number of rotatable bonds is 4. The van der Waals surface area contributed by atoms with Crippen LogP contribution in [0, 0.1) is 5.82 Å². The molecule has 2 aliphatic heterocycles. The van der Waals surface area contributed by atoms with Gasteiger partial charge in [0.2, 0.25) is 5.91 Å². The molecule has 2 saturated heterocycles. The zero-order valence-electron chi connectivity index (χ0n) is 16.6. The molecule has 9 heteroatoms. The smallest absolute Gasteiger partial charge is 0.475 e. The molecule has 30 heavy (non-hydrogen) atoms. The Bertz CT molecular complexity index is 748. The summed E-state index contributed by atoms with van der Waals surface area (Å²) in [6.45, 7) is 7.22. The molecule has 0 radical (unpaired) electrons. The molecule has 166 valence electrons. The number of amides is 1. The van der Waals surface area contributed by atoms with E-state index >= 15 is 0 Å². The van der Waals surface area contributed by atoms with Gasteiger partial charge in [-0.1, -0.05) is 18.2 Å². The van der Waals surface area contributed by atoms with Gasteiger partial charge in [0, 0.05) is 26.1 Å². The minimum atomic E-state index is -5.08. The lowest BCUT2D eigenvalue weighted by Gasteiger charge is -2.52. The minimum absolute atomic E-state index is 0.0399. The Balaban J connectivity index is 0.000000396. The summed E-state index contributed by atoms with van der Waals surface area (Å²) in [5, 5.41) is 7.12. The number of piperidine rings is 2. The van der Waals surface area contributed by atoms with Crippen molar-refractivity contribution in [3.63, 3.8) is 0 Å². The van der Waals surface area contributed by atoms with Crippen LogP contribution in [-0.2, 0) is 16.1 Å². The first-order valence-electron chi connectivity index (χ1n) is 9.76. The first-order chi connectivity index (χ1) is 14.1. The van der Waals surface area contributed by atoms with Crippen molar-refractivity contribution in [3.8, 4) is 0 Å². The number of likely N-dealkylation sites (tertiary alicyclic amines) is 2. The lowest BCUT2D eigenvalue weighted by atomic mass is 9.79. The molecular formula is C21H26F4N2O3. The summed E-state index contributed by atoms with van der Waals surface area (Å²) in [4.78, 5) is 25.7. The van der Waals surface area contributed by atoms with Crippen LogP contribution in [0.2, 0.25) is 0 Å². The van der Waals surface area contributed by atoms with E-state index in [1.165, 1.54) is 12.1 Å². The minimum Gasteiger partial charge on any atom is -0.475 e. The molecule has 0 aromatic heterocycles. The summed E-state index contributed by atoms with van der Waals surface area (Å²) in [5.74, 6) is -2.69. The Labute approximate surface area is 173 Å². The number of nitrogens with zero attached hydrogens (tertiary/aromatic N) is 2. The highest BCUT2D eigenvalue weighted by molar-refractivity contribution is 5.78. The van der Waals surface area contributed by atoms with Crippen molar-refractivity contribution < 1.29 is 32.3 Å². The van der Waals surface area contributed by atoms with Crippen molar-refractivity contribution in [3.05, 3.63) is 48.3 Å². The molecule has 0 aliphatic carbocycles. The third-order valence-electron chi connectivity index (χ3n) is 5.41. The number of aliphatic carboxylic acids is 1. The molecule has 1 N–H and O–H groups in total. The van der Waals surface area contributed by atoms with Crippen LogP contribution >= 0.6 is 0 Å². The maximum atomic E-state index is 13.1. The summed E-state index contributed by atoms with van der Waals surface area (Å²) in [6.07, 6.45) is 1.65. The van der Waals surface area contributed by atoms with Crippen molar-refractivity contribution in [1.29, 1.82) is 0 Å². The summed E-state index contributed by atoms with van der Waals surface area (Å²) >= 11 is 0. The molecule has 1 amide bonds. The summed E-state index contributed by atoms with van der Waals surface area (Å²) in [7, 11) is 0. The molecule has 1 spiro atoms. The molecule has 1 atom stereocenters. The largest absolute Gasteiger partial charge is 0.490 e. The van der Waals surface area contributed by atoms with Crippen LogP contribution < -0.4 is 0 Å². The van der Waals surface area contributed by atoms with Crippen LogP contribution in [-0.4, -0.2) is 58.1 Å². The number of hydrogen-bond acceptors (Lipinski definition) is 3. The molecular weight excluding hydrogens is 404 g/mol. The average Bonchev–Trinajstić information content (AvgIpc) is 2.67. The maximum absolute atomic E-state index is 13.1. The average molecular weight is 430 g/mol. The number of benzene rings is 1. The topological polar surface area (TPSA) is 60.9 Å². The maximum Gasteiger partial charge on any atom is 0.490 e. The Hall–Kier alpha value is -2.42. The quantitative estimate of drug-likeness (QED) is 0.580. The van der Waals surface area contributed by atoms with Crippen molar-refractivity contribution in [2.24, 2.45) is 0 Å². The van der Waals surface area contributed by atoms with Crippen molar-refractivity contribution in [1.82, 2.24) is 9.80 Å². The molecule has 0 saturated carbocycles. The standard InChI is InChI=1S/C19H25FN2O.C2HF3O2/c1-2-12-22-18(23)5-3-10-19(22)11-4-13-21(15-19)14-16-6-8-17(20)9-7-16;3-2(4,5)1(6)7/h2,6-9H,1,3-5,10-15H2;(H,6,7). The normalized spacial score (nSPS) is 22.4. The van der Waals surface area contributed by atoms with Gasteiger partial charge in [-0.3, -0.25) is 9.69 Å². The van der Waals surface area contributed by atoms with E-state index in [1.807, 2.05) is 18.2 Å². The third-order valence-corrected chi connectivity index (χ3v) is 5.41. The van der Waals surface area contributed by atoms with E-state index in [-0.39, 0.29) is 17.3 Å². The highest BCUT2D eigenvalue weighted by atomic mass is 19.4. The summed E-state index contributed by atoms with van der Waals surface area (Å²) in [5.41, 5.74) is 1.09. The van der Waals surface area contributed by atoms with Gasteiger partial charge in [0.05, 0.1) is 5.54 Å². The number of hydrogen-bond donors (Lipinski definition) is 1. The van der Waals surface area contributed by atoms with Gasteiger partial charge < -0.3 is 10.0 Å². The zero-order chi connectivity index (χ0) is 22.4. The first kappa shape index (κ1) is 23.9. The number of halogens is 4. The first-order valence-corrected chi connectivity index (χ1v) is 9.76. The second-order valence-corrected chi connectivity index (χ2v) is 7.61. The Morgan fingerprint density at radius 3 is 2.37 bits per heavy atom. The fraction of sp³-hybridized carbons (Fsp3) is 0.524. The van der Waals surface area contributed by atoms with Crippen molar-refractivity contribution >= 4 is 11.9 Å². The number of carboxylic acid groups (broad SMARTS) is 1. The number of carboxylic acids is 1. The van der Waals surface area contributed by atoms with E-state index in [4.69, 9.17) is 9.90 Å². The lowest BCUT2D eigenvalue weighted by molar-refractivity contribution is -0.192. The van der Waals surface area contributed by atoms with Gasteiger partial charge in [0.15, 0.2) is 0 Å². The second-order valence-electron chi connectivity index (χ2n) is 7.61. The van der Waals surface area contributed by atoms with Gasteiger partial charge in [-0.15, -0.1) is 6.58 Å². The van der Waals surface area contributed by atoms with E-state index in [2.05, 4.69) is 16.4 Å². The zero-order valence-corrected chi connectivity index (χ0v) is 16.6. The Kier molecular flexibility index (Phi) is 8.00. The van der Waals surface area contributed by atoms with Crippen molar-refractivity contribution in [2.75, 3.05) is 19.6 Å². The molecule has 1 aromatic carbocycles. The Morgan fingerprint density at radius 2 is 1.80 bits per heavy atom. The predicted octanol–water partition coefficient (Wildman–Crippen LogP) is 3.99. The van der Waals surface area contributed by atoms with Crippen LogP contribution in [0.3, 0.4) is 0 Å². The van der Waals surface area contributed by atoms with Crippen LogP contribution in [0.25, 0.3) is 0 Å². The highest BCUT2D eigenvalue weighted by Gasteiger charge is 2.44. The van der Waals surface area contributed by atoms with Gasteiger partial charge in [-0.05, 0) is 49.9 Å². The summed E-state index contributed by atoms with van der Waals surface area (Å²) in [6, 6.07) is 6.74. The highest BCUT2D eigenvalue weighted by Crippen LogP contribution is 2.37. The van der Waals surface area contributed by atoms with Gasteiger partial charge in [0.25, 0.3) is 0 Å². The Morgan fingerprint density at radius 1 is 1.20 bits per heavy atom. The monoisotopic (exact) mass is 430 g/mol. The van der Waals surface area contributed by atoms with E-state index in [0.717, 1.165) is 50.9 Å². The fourth-order valence-corrected chi connectivity index (χ4v) is 4.14. The van der Waals surface area contributed by atoms with Crippen LogP contribution in [0.4, 0.5) is 17.6 Å². The molecule has 2 aliphatic rings.